The summed E-state index contributed by atoms with van der Waals surface area (Å²) in [6.07, 6.45) is 1.89. The standard InChI is InChI=1S/C29H25N2OP/c1-22-27(26-19-11-12-20-28(26)31-22)21-30-29(23-13-5-2-6-14-23)33(32,24-15-7-3-8-16-24)25-17-9-4-10-18-25/h2-21,29,31H,1H3/b30-21+. The first-order valence-corrected chi connectivity index (χ1v) is 12.8. The zero-order valence-electron chi connectivity index (χ0n) is 18.4. The maximum absolute atomic E-state index is 15.1. The summed E-state index contributed by atoms with van der Waals surface area (Å²) < 4.78 is 15.1. The normalized spacial score (nSPS) is 12.9. The molecule has 0 saturated carbocycles. The average Bonchev–Trinajstić information content (AvgIpc) is 3.20. The first-order valence-electron chi connectivity index (χ1n) is 11.0. The molecule has 0 radical (unpaired) electrons. The predicted octanol–water partition coefficient (Wildman–Crippen LogP) is 6.61. The number of hydrogen-bond donors (Lipinski definition) is 1. The number of aromatic amines is 1. The lowest BCUT2D eigenvalue weighted by Gasteiger charge is -2.26. The van der Waals surface area contributed by atoms with Crippen LogP contribution in [0.5, 0.6) is 0 Å². The minimum Gasteiger partial charge on any atom is -0.358 e. The Kier molecular flexibility index (Phi) is 5.81. The van der Waals surface area contributed by atoms with Gasteiger partial charge < -0.3 is 9.55 Å². The fourth-order valence-electron chi connectivity index (χ4n) is 4.36. The van der Waals surface area contributed by atoms with Gasteiger partial charge in [0.2, 0.25) is 0 Å². The number of aryl methyl sites for hydroxylation is 1. The number of fused-ring (bicyclic) bond motifs is 1. The van der Waals surface area contributed by atoms with Gasteiger partial charge in [-0.25, -0.2) is 0 Å². The van der Waals surface area contributed by atoms with E-state index in [1.54, 1.807) is 0 Å². The number of nitrogens with zero attached hydrogens (tertiary/aromatic N) is 1. The van der Waals surface area contributed by atoms with E-state index in [0.717, 1.165) is 38.3 Å². The van der Waals surface area contributed by atoms with Crippen molar-refractivity contribution in [2.45, 2.75) is 12.7 Å². The number of nitrogens with one attached hydrogen (secondary N) is 1. The van der Waals surface area contributed by atoms with Crippen LogP contribution in [0.15, 0.2) is 120 Å². The van der Waals surface area contributed by atoms with Crippen molar-refractivity contribution in [1.29, 1.82) is 0 Å². The van der Waals surface area contributed by atoms with Crippen LogP contribution in [0.1, 0.15) is 22.6 Å². The summed E-state index contributed by atoms with van der Waals surface area (Å²) >= 11 is 0. The lowest BCUT2D eigenvalue weighted by atomic mass is 10.1. The largest absolute Gasteiger partial charge is 0.358 e. The first-order chi connectivity index (χ1) is 16.2. The molecule has 1 atom stereocenters. The fourth-order valence-corrected chi connectivity index (χ4v) is 7.29. The molecule has 1 N–H and O–H groups in total. The minimum absolute atomic E-state index is 0.545. The highest BCUT2D eigenvalue weighted by molar-refractivity contribution is 7.79. The second kappa shape index (κ2) is 9.05. The van der Waals surface area contributed by atoms with Crippen LogP contribution in [0.3, 0.4) is 0 Å². The van der Waals surface area contributed by atoms with Gasteiger partial charge in [-0.05, 0) is 18.6 Å². The molecule has 5 rings (SSSR count). The number of hydrogen-bond acceptors (Lipinski definition) is 2. The lowest BCUT2D eigenvalue weighted by molar-refractivity contribution is 0.579. The minimum atomic E-state index is -3.16. The predicted molar refractivity (Wildman–Crippen MR) is 140 cm³/mol. The molecule has 0 spiro atoms. The maximum atomic E-state index is 15.1. The smallest absolute Gasteiger partial charge is 0.170 e. The number of rotatable bonds is 6. The third-order valence-electron chi connectivity index (χ3n) is 6.01. The van der Waals surface area contributed by atoms with Gasteiger partial charge in [-0.15, -0.1) is 0 Å². The van der Waals surface area contributed by atoms with E-state index in [2.05, 4.69) is 17.1 Å². The van der Waals surface area contributed by atoms with Crippen LogP contribution in [0.2, 0.25) is 0 Å². The second-order valence-electron chi connectivity index (χ2n) is 8.10. The first kappa shape index (κ1) is 21.2. The molecule has 1 heterocycles. The number of aliphatic imine (C=N–C) groups is 1. The summed E-state index contributed by atoms with van der Waals surface area (Å²) in [5.41, 5.74) is 4.07. The van der Waals surface area contributed by atoms with Crippen molar-refractivity contribution < 1.29 is 4.57 Å². The molecule has 5 aromatic rings. The van der Waals surface area contributed by atoms with Gasteiger partial charge >= 0.3 is 0 Å². The third-order valence-corrected chi connectivity index (χ3v) is 9.26. The van der Waals surface area contributed by atoms with E-state index in [1.165, 1.54) is 0 Å². The van der Waals surface area contributed by atoms with Crippen molar-refractivity contribution in [1.82, 2.24) is 4.98 Å². The highest BCUT2D eigenvalue weighted by atomic mass is 31.2. The van der Waals surface area contributed by atoms with Crippen LogP contribution >= 0.6 is 7.14 Å². The molecule has 3 nitrogen and oxygen atoms in total. The van der Waals surface area contributed by atoms with E-state index in [-0.39, 0.29) is 0 Å². The molecule has 162 valence electrons. The lowest BCUT2D eigenvalue weighted by Crippen LogP contribution is -2.20. The quantitative estimate of drug-likeness (QED) is 0.231. The number of H-pyrrole nitrogens is 1. The summed E-state index contributed by atoms with van der Waals surface area (Å²) in [5.74, 6) is -0.545. The molecular formula is C29H25N2OP. The van der Waals surface area contributed by atoms with Crippen LogP contribution in [0.25, 0.3) is 10.9 Å². The van der Waals surface area contributed by atoms with Crippen LogP contribution < -0.4 is 10.6 Å². The van der Waals surface area contributed by atoms with Crippen LogP contribution in [-0.4, -0.2) is 11.2 Å². The molecule has 4 heteroatoms. The summed E-state index contributed by atoms with van der Waals surface area (Å²) in [7, 11) is -3.16. The molecule has 4 aromatic carbocycles. The Morgan fingerprint density at radius 3 is 1.85 bits per heavy atom. The molecule has 1 aromatic heterocycles. The van der Waals surface area contributed by atoms with E-state index in [0.29, 0.717) is 0 Å². The zero-order chi connectivity index (χ0) is 22.7. The molecule has 33 heavy (non-hydrogen) atoms. The van der Waals surface area contributed by atoms with Crippen LogP contribution in [0, 0.1) is 6.92 Å². The van der Waals surface area contributed by atoms with Gasteiger partial charge in [0.05, 0.1) is 0 Å². The summed E-state index contributed by atoms with van der Waals surface area (Å²) in [5, 5.41) is 2.72. The number of benzene rings is 4. The van der Waals surface area contributed by atoms with Crippen molar-refractivity contribution >= 4 is 34.9 Å². The average molecular weight is 449 g/mol. The summed E-state index contributed by atoms with van der Waals surface area (Å²) in [6, 6.07) is 37.7. The molecule has 0 aliphatic carbocycles. The molecule has 0 fully saturated rings. The fraction of sp³-hybridized carbons (Fsp3) is 0.0690. The Hall–Kier alpha value is -3.68. The van der Waals surface area contributed by atoms with Crippen molar-refractivity contribution in [3.8, 4) is 0 Å². The van der Waals surface area contributed by atoms with Crippen molar-refractivity contribution in [2.75, 3.05) is 0 Å². The van der Waals surface area contributed by atoms with E-state index < -0.39 is 12.9 Å². The number of para-hydroxylation sites is 1. The van der Waals surface area contributed by atoms with Gasteiger partial charge in [-0.1, -0.05) is 109 Å². The van der Waals surface area contributed by atoms with E-state index in [1.807, 2.05) is 116 Å². The van der Waals surface area contributed by atoms with Crippen LogP contribution in [-0.2, 0) is 4.57 Å². The van der Waals surface area contributed by atoms with Crippen molar-refractivity contribution in [3.05, 3.63) is 132 Å². The summed E-state index contributed by atoms with van der Waals surface area (Å²) in [6.45, 7) is 2.05. The topological polar surface area (TPSA) is 45.2 Å². The van der Waals surface area contributed by atoms with Gasteiger partial charge in [0.15, 0.2) is 7.14 Å². The maximum Gasteiger partial charge on any atom is 0.170 e. The van der Waals surface area contributed by atoms with Gasteiger partial charge in [-0.3, -0.25) is 4.99 Å². The van der Waals surface area contributed by atoms with E-state index in [9.17, 15) is 0 Å². The van der Waals surface area contributed by atoms with Gasteiger partial charge in [0.25, 0.3) is 0 Å². The van der Waals surface area contributed by atoms with Crippen LogP contribution in [0.4, 0.5) is 0 Å². The van der Waals surface area contributed by atoms with Crippen molar-refractivity contribution in [2.24, 2.45) is 4.99 Å². The van der Waals surface area contributed by atoms with E-state index in [4.69, 9.17) is 4.99 Å². The second-order valence-corrected chi connectivity index (χ2v) is 10.9. The molecule has 0 bridgehead atoms. The highest BCUT2D eigenvalue weighted by Gasteiger charge is 2.37. The molecule has 0 amide bonds. The Morgan fingerprint density at radius 1 is 0.727 bits per heavy atom. The molecule has 0 aliphatic rings. The van der Waals surface area contributed by atoms with Gasteiger partial charge in [0.1, 0.15) is 5.78 Å². The van der Waals surface area contributed by atoms with E-state index >= 15 is 4.57 Å². The Morgan fingerprint density at radius 2 is 1.24 bits per heavy atom. The molecule has 0 saturated heterocycles. The summed E-state index contributed by atoms with van der Waals surface area (Å²) in [4.78, 5) is 8.50. The Bertz CT molecular complexity index is 1400. The highest BCUT2D eigenvalue weighted by Crippen LogP contribution is 2.57. The van der Waals surface area contributed by atoms with Gasteiger partial charge in [-0.2, -0.15) is 0 Å². The molecule has 0 aliphatic heterocycles. The van der Waals surface area contributed by atoms with Crippen molar-refractivity contribution in [3.63, 3.8) is 0 Å². The Balaban J connectivity index is 1.73. The van der Waals surface area contributed by atoms with Gasteiger partial charge in [0, 0.05) is 39.0 Å². The zero-order valence-corrected chi connectivity index (χ0v) is 19.3. The Labute approximate surface area is 194 Å². The third kappa shape index (κ3) is 3.97. The molecular weight excluding hydrogens is 423 g/mol. The number of aromatic nitrogens is 1. The SMILES string of the molecule is Cc1[nH]c2ccccc2c1/C=N/C(c1ccccc1)P(=O)(c1ccccc1)c1ccccc1. The monoisotopic (exact) mass is 448 g/mol. The molecule has 1 unspecified atom stereocenters.